The van der Waals surface area contributed by atoms with Crippen LogP contribution in [0.5, 0.6) is 5.75 Å². The molecule has 0 aromatic heterocycles. The third kappa shape index (κ3) is 7.99. The molecule has 0 heterocycles. The summed E-state index contributed by atoms with van der Waals surface area (Å²) in [6.07, 6.45) is 0.874. The van der Waals surface area contributed by atoms with Crippen molar-refractivity contribution in [2.24, 2.45) is 5.92 Å². The van der Waals surface area contributed by atoms with E-state index in [0.29, 0.717) is 23.8 Å². The molecule has 0 bridgehead atoms. The van der Waals surface area contributed by atoms with Gasteiger partial charge in [-0.1, -0.05) is 13.8 Å². The number of Topliss-reactive ketones (excluding diaryl/α,β-unsaturated/α-hetero) is 1. The Morgan fingerprint density at radius 1 is 1.09 bits per heavy atom. The van der Waals surface area contributed by atoms with E-state index in [4.69, 9.17) is 9.47 Å². The lowest BCUT2D eigenvalue weighted by atomic mass is 10.1. The number of ether oxygens (including phenoxy) is 2. The third-order valence-electron chi connectivity index (χ3n) is 3.03. The summed E-state index contributed by atoms with van der Waals surface area (Å²) in [4.78, 5) is 34.1. The second kappa shape index (κ2) is 9.61. The number of ketones is 1. The number of rotatable bonds is 9. The van der Waals surface area contributed by atoms with E-state index in [0.717, 1.165) is 6.42 Å². The first-order valence-corrected chi connectivity index (χ1v) is 7.54. The number of hydrogen-bond acceptors (Lipinski definition) is 5. The third-order valence-corrected chi connectivity index (χ3v) is 3.03. The molecule has 23 heavy (non-hydrogen) atoms. The molecule has 6 heteroatoms. The van der Waals surface area contributed by atoms with Crippen LogP contribution in [-0.2, 0) is 14.3 Å². The predicted molar refractivity (Wildman–Crippen MR) is 85.4 cm³/mol. The van der Waals surface area contributed by atoms with Crippen LogP contribution in [0.15, 0.2) is 24.3 Å². The Morgan fingerprint density at radius 3 is 2.30 bits per heavy atom. The summed E-state index contributed by atoms with van der Waals surface area (Å²) in [5.41, 5.74) is 0.568. The first-order chi connectivity index (χ1) is 10.9. The van der Waals surface area contributed by atoms with Crippen molar-refractivity contribution < 1.29 is 23.9 Å². The predicted octanol–water partition coefficient (Wildman–Crippen LogP) is 1.97. The average molecular weight is 321 g/mol. The monoisotopic (exact) mass is 321 g/mol. The molecule has 0 radical (unpaired) electrons. The largest absolute Gasteiger partial charge is 0.482 e. The number of carbonyl (C=O) groups excluding carboxylic acids is 3. The van der Waals surface area contributed by atoms with Gasteiger partial charge in [-0.25, -0.2) is 4.79 Å². The van der Waals surface area contributed by atoms with Crippen molar-refractivity contribution >= 4 is 17.7 Å². The molecule has 0 aliphatic carbocycles. The Morgan fingerprint density at radius 2 is 1.74 bits per heavy atom. The fraction of sp³-hybridized carbons (Fsp3) is 0.471. The summed E-state index contributed by atoms with van der Waals surface area (Å²) < 4.78 is 10.0. The average Bonchev–Trinajstić information content (AvgIpc) is 2.51. The number of esters is 1. The van der Waals surface area contributed by atoms with E-state index in [2.05, 4.69) is 19.2 Å². The SMILES string of the molecule is CC(=O)c1ccc(OCC(=O)OCC(=O)NCCC(C)C)cc1. The molecule has 0 unspecified atom stereocenters. The van der Waals surface area contributed by atoms with Gasteiger partial charge in [0.15, 0.2) is 19.0 Å². The van der Waals surface area contributed by atoms with Crippen molar-refractivity contribution in [3.63, 3.8) is 0 Å². The van der Waals surface area contributed by atoms with E-state index in [9.17, 15) is 14.4 Å². The summed E-state index contributed by atoms with van der Waals surface area (Å²) >= 11 is 0. The van der Waals surface area contributed by atoms with Gasteiger partial charge in [-0.05, 0) is 43.5 Å². The van der Waals surface area contributed by atoms with Crippen LogP contribution in [0.1, 0.15) is 37.6 Å². The van der Waals surface area contributed by atoms with Crippen molar-refractivity contribution in [1.82, 2.24) is 5.32 Å². The quantitative estimate of drug-likeness (QED) is 0.555. The summed E-state index contributed by atoms with van der Waals surface area (Å²) in [5.74, 6) is -0.0436. The van der Waals surface area contributed by atoms with Crippen molar-refractivity contribution in [2.75, 3.05) is 19.8 Å². The van der Waals surface area contributed by atoms with Crippen molar-refractivity contribution in [3.05, 3.63) is 29.8 Å². The number of carbonyl (C=O) groups is 3. The van der Waals surface area contributed by atoms with Gasteiger partial charge in [0.1, 0.15) is 5.75 Å². The van der Waals surface area contributed by atoms with Crippen molar-refractivity contribution in [2.45, 2.75) is 27.2 Å². The molecular formula is C17H23NO5. The van der Waals surface area contributed by atoms with Gasteiger partial charge in [0.2, 0.25) is 0 Å². The van der Waals surface area contributed by atoms with Crippen LogP contribution < -0.4 is 10.1 Å². The number of nitrogens with one attached hydrogen (secondary N) is 1. The Labute approximate surface area is 136 Å². The maximum absolute atomic E-state index is 11.5. The molecule has 1 aromatic carbocycles. The molecule has 1 aromatic rings. The van der Waals surface area contributed by atoms with Gasteiger partial charge in [0.05, 0.1) is 0 Å². The van der Waals surface area contributed by atoms with Crippen LogP contribution in [0.25, 0.3) is 0 Å². The van der Waals surface area contributed by atoms with Crippen LogP contribution in [0.4, 0.5) is 0 Å². The summed E-state index contributed by atoms with van der Waals surface area (Å²) in [7, 11) is 0. The normalized spacial score (nSPS) is 10.3. The number of benzene rings is 1. The van der Waals surface area contributed by atoms with Crippen LogP contribution in [0.2, 0.25) is 0 Å². The Kier molecular flexibility index (Phi) is 7.80. The molecule has 0 saturated carbocycles. The minimum absolute atomic E-state index is 0.0422. The summed E-state index contributed by atoms with van der Waals surface area (Å²) in [5, 5.41) is 2.67. The zero-order valence-corrected chi connectivity index (χ0v) is 13.8. The van der Waals surface area contributed by atoms with Gasteiger partial charge in [-0.3, -0.25) is 9.59 Å². The van der Waals surface area contributed by atoms with E-state index < -0.39 is 5.97 Å². The Hall–Kier alpha value is -2.37. The lowest BCUT2D eigenvalue weighted by Crippen LogP contribution is -2.31. The van der Waals surface area contributed by atoms with E-state index in [1.54, 1.807) is 24.3 Å². The van der Waals surface area contributed by atoms with Gasteiger partial charge in [-0.2, -0.15) is 0 Å². The van der Waals surface area contributed by atoms with Crippen LogP contribution in [-0.4, -0.2) is 37.4 Å². The van der Waals surface area contributed by atoms with Gasteiger partial charge in [0.25, 0.3) is 5.91 Å². The maximum Gasteiger partial charge on any atom is 0.344 e. The van der Waals surface area contributed by atoms with Crippen LogP contribution >= 0.6 is 0 Å². The molecule has 0 spiro atoms. The topological polar surface area (TPSA) is 81.7 Å². The molecular weight excluding hydrogens is 298 g/mol. The smallest absolute Gasteiger partial charge is 0.344 e. The second-order valence-corrected chi connectivity index (χ2v) is 5.56. The van der Waals surface area contributed by atoms with Crippen LogP contribution in [0, 0.1) is 5.92 Å². The highest BCUT2D eigenvalue weighted by atomic mass is 16.6. The lowest BCUT2D eigenvalue weighted by molar-refractivity contribution is -0.150. The highest BCUT2D eigenvalue weighted by Gasteiger charge is 2.08. The van der Waals surface area contributed by atoms with Gasteiger partial charge < -0.3 is 14.8 Å². The fourth-order valence-electron chi connectivity index (χ4n) is 1.67. The molecule has 1 N–H and O–H groups in total. The minimum Gasteiger partial charge on any atom is -0.482 e. The lowest BCUT2D eigenvalue weighted by Gasteiger charge is -2.09. The van der Waals surface area contributed by atoms with Gasteiger partial charge in [-0.15, -0.1) is 0 Å². The van der Waals surface area contributed by atoms with E-state index in [1.165, 1.54) is 6.92 Å². The molecule has 1 amide bonds. The molecule has 0 saturated heterocycles. The first kappa shape index (κ1) is 18.7. The maximum atomic E-state index is 11.5. The highest BCUT2D eigenvalue weighted by Crippen LogP contribution is 2.12. The van der Waals surface area contributed by atoms with Crippen LogP contribution in [0.3, 0.4) is 0 Å². The fourth-order valence-corrected chi connectivity index (χ4v) is 1.67. The van der Waals surface area contributed by atoms with Gasteiger partial charge in [0, 0.05) is 12.1 Å². The van der Waals surface area contributed by atoms with Crippen molar-refractivity contribution in [1.29, 1.82) is 0 Å². The van der Waals surface area contributed by atoms with Crippen molar-refractivity contribution in [3.8, 4) is 5.75 Å². The molecule has 0 atom stereocenters. The molecule has 126 valence electrons. The Bertz CT molecular complexity index is 536. The number of hydrogen-bond donors (Lipinski definition) is 1. The van der Waals surface area contributed by atoms with E-state index >= 15 is 0 Å². The second-order valence-electron chi connectivity index (χ2n) is 5.56. The van der Waals surface area contributed by atoms with E-state index in [-0.39, 0.29) is 24.9 Å². The Balaban J connectivity index is 2.23. The molecule has 0 aliphatic rings. The zero-order valence-electron chi connectivity index (χ0n) is 13.8. The molecule has 0 aliphatic heterocycles. The summed E-state index contributed by atoms with van der Waals surface area (Å²) in [6.45, 7) is 5.55. The highest BCUT2D eigenvalue weighted by molar-refractivity contribution is 5.94. The number of amides is 1. The van der Waals surface area contributed by atoms with Gasteiger partial charge >= 0.3 is 5.97 Å². The standard InChI is InChI=1S/C17H23NO5/c1-12(2)8-9-18-16(20)10-23-17(21)11-22-15-6-4-14(5-7-15)13(3)19/h4-7,12H,8-11H2,1-3H3,(H,18,20). The molecule has 1 rings (SSSR count). The zero-order chi connectivity index (χ0) is 17.2. The molecule has 0 fully saturated rings. The minimum atomic E-state index is -0.625. The van der Waals surface area contributed by atoms with E-state index in [1.807, 2.05) is 0 Å². The first-order valence-electron chi connectivity index (χ1n) is 7.54. The molecule has 6 nitrogen and oxygen atoms in total. The summed E-state index contributed by atoms with van der Waals surface area (Å²) in [6, 6.07) is 6.43.